The van der Waals surface area contributed by atoms with Crippen molar-refractivity contribution in [1.29, 1.82) is 0 Å². The van der Waals surface area contributed by atoms with Crippen molar-refractivity contribution in [2.45, 2.75) is 132 Å². The molecule has 3 fully saturated rings. The van der Waals surface area contributed by atoms with Gasteiger partial charge in [0, 0.05) is 26.9 Å². The Morgan fingerprint density at radius 2 is 1.17 bits per heavy atom. The molecule has 3 aliphatic rings. The van der Waals surface area contributed by atoms with Gasteiger partial charge in [-0.3, -0.25) is 9.59 Å². The minimum atomic E-state index is -1.96. The van der Waals surface area contributed by atoms with Gasteiger partial charge >= 0.3 is 6.09 Å². The fourth-order valence-corrected chi connectivity index (χ4v) is 6.06. The summed E-state index contributed by atoms with van der Waals surface area (Å²) in [7, 11) is 0. The third-order valence-electron chi connectivity index (χ3n) is 8.28. The summed E-state index contributed by atoms with van der Waals surface area (Å²) < 4.78 is 33.9. The number of nitrogens with one attached hydrogen (secondary N) is 5. The van der Waals surface area contributed by atoms with E-state index in [4.69, 9.17) is 40.6 Å². The molecule has 0 aromatic heterocycles. The van der Waals surface area contributed by atoms with E-state index in [0.29, 0.717) is 0 Å². The Balaban J connectivity index is 1.76. The Hall–Kier alpha value is -2.62. The maximum atomic E-state index is 12.2. The number of aliphatic hydroxyl groups excluding tert-OH is 8. The second-order valence-corrected chi connectivity index (χ2v) is 14.1. The van der Waals surface area contributed by atoms with Crippen molar-refractivity contribution in [2.24, 2.45) is 0 Å². The molecule has 22 nitrogen and oxygen atoms in total. The summed E-state index contributed by atoms with van der Waals surface area (Å²) in [5.41, 5.74) is -0.696. The molecule has 3 saturated heterocycles. The largest absolute Gasteiger partial charge is 0.444 e. The lowest BCUT2D eigenvalue weighted by Gasteiger charge is -2.49. The standard InChI is InChI=1S/C30H53N5O17S/c1-11(39)33-16-21(44)23(15(10-38)47-25(16)35-28(53)31-6-7-32-29(46)52-30(3,4)5)50-27-22(45)24(19(42)14(9-37)49-27)51-26-17(34-12(2)40)20(43)18(41)13(8-36)48-26/h13-27,36-38,41-45H,6-10H2,1-5H3,(H,32,46)(H,33,39)(H,34,40)(H2,31,35,53)/t13-,14-,15-,16-,17-,18-,19+,20-,21-,22-,23-,24+,25-,26+,27+/m1/s1. The van der Waals surface area contributed by atoms with E-state index in [1.807, 2.05) is 0 Å². The molecule has 13 N–H and O–H groups in total. The molecule has 0 radical (unpaired) electrons. The summed E-state index contributed by atoms with van der Waals surface area (Å²) in [6.07, 6.45) is -21.8. The van der Waals surface area contributed by atoms with Gasteiger partial charge in [-0.05, 0) is 33.0 Å². The monoisotopic (exact) mass is 787 g/mol. The van der Waals surface area contributed by atoms with Crippen molar-refractivity contribution in [3.63, 3.8) is 0 Å². The minimum absolute atomic E-state index is 0.0195. The van der Waals surface area contributed by atoms with Crippen LogP contribution in [0.15, 0.2) is 0 Å². The normalized spacial score (nSPS) is 37.6. The van der Waals surface area contributed by atoms with Gasteiger partial charge in [0.1, 0.15) is 78.7 Å². The maximum Gasteiger partial charge on any atom is 0.407 e. The van der Waals surface area contributed by atoms with Gasteiger partial charge in [-0.15, -0.1) is 0 Å². The first-order valence-electron chi connectivity index (χ1n) is 16.9. The zero-order chi connectivity index (χ0) is 39.8. The molecule has 0 unspecified atom stereocenters. The fraction of sp³-hybridized carbons (Fsp3) is 0.867. The molecular formula is C30H53N5O17S. The molecule has 23 heteroatoms. The number of hydrogen-bond acceptors (Lipinski definition) is 18. The molecule has 15 atom stereocenters. The lowest BCUT2D eigenvalue weighted by molar-refractivity contribution is -0.363. The van der Waals surface area contributed by atoms with E-state index < -0.39 is 135 Å². The molecule has 3 aliphatic heterocycles. The first kappa shape index (κ1) is 44.8. The number of rotatable bonds is 13. The van der Waals surface area contributed by atoms with Crippen molar-refractivity contribution >= 4 is 35.2 Å². The summed E-state index contributed by atoms with van der Waals surface area (Å²) in [6, 6.07) is -2.76. The minimum Gasteiger partial charge on any atom is -0.444 e. The molecule has 0 aromatic rings. The topological polar surface area (TPSA) is 329 Å². The number of carbonyl (C=O) groups is 3. The van der Waals surface area contributed by atoms with E-state index in [-0.39, 0.29) is 18.2 Å². The second-order valence-electron chi connectivity index (χ2n) is 13.7. The third-order valence-corrected chi connectivity index (χ3v) is 8.54. The van der Waals surface area contributed by atoms with Crippen molar-refractivity contribution in [3.8, 4) is 0 Å². The maximum absolute atomic E-state index is 12.2. The summed E-state index contributed by atoms with van der Waals surface area (Å²) in [5.74, 6) is -1.27. The molecule has 0 saturated carbocycles. The predicted octanol–water partition coefficient (Wildman–Crippen LogP) is -6.29. The quantitative estimate of drug-likeness (QED) is 0.0610. The van der Waals surface area contributed by atoms with Crippen LogP contribution in [-0.2, 0) is 38.0 Å². The van der Waals surface area contributed by atoms with E-state index in [1.54, 1.807) is 20.8 Å². The zero-order valence-corrected chi connectivity index (χ0v) is 30.7. The Labute approximate surface area is 310 Å². The van der Waals surface area contributed by atoms with E-state index in [2.05, 4.69) is 26.6 Å². The number of ether oxygens (including phenoxy) is 6. The summed E-state index contributed by atoms with van der Waals surface area (Å²) in [6.45, 7) is 5.24. The van der Waals surface area contributed by atoms with Crippen LogP contribution in [0.5, 0.6) is 0 Å². The van der Waals surface area contributed by atoms with Crippen LogP contribution in [0.2, 0.25) is 0 Å². The Morgan fingerprint density at radius 3 is 1.74 bits per heavy atom. The highest BCUT2D eigenvalue weighted by molar-refractivity contribution is 7.80. The zero-order valence-electron chi connectivity index (χ0n) is 29.9. The lowest BCUT2D eigenvalue weighted by atomic mass is 9.94. The van der Waals surface area contributed by atoms with Gasteiger partial charge in [0.05, 0.1) is 19.8 Å². The molecular weight excluding hydrogens is 734 g/mol. The van der Waals surface area contributed by atoms with E-state index >= 15 is 0 Å². The molecule has 3 heterocycles. The van der Waals surface area contributed by atoms with Crippen molar-refractivity contribution in [2.75, 3.05) is 32.9 Å². The first-order chi connectivity index (χ1) is 24.8. The predicted molar refractivity (Wildman–Crippen MR) is 180 cm³/mol. The van der Waals surface area contributed by atoms with Crippen LogP contribution in [0.25, 0.3) is 0 Å². The van der Waals surface area contributed by atoms with Gasteiger partial charge in [0.15, 0.2) is 23.9 Å². The highest BCUT2D eigenvalue weighted by Gasteiger charge is 2.54. The molecule has 3 amide bonds. The van der Waals surface area contributed by atoms with Crippen LogP contribution < -0.4 is 26.6 Å². The highest BCUT2D eigenvalue weighted by atomic mass is 32.1. The van der Waals surface area contributed by atoms with Gasteiger partial charge in [-0.2, -0.15) is 0 Å². The fourth-order valence-electron chi connectivity index (χ4n) is 5.85. The van der Waals surface area contributed by atoms with Crippen LogP contribution in [0.1, 0.15) is 34.6 Å². The van der Waals surface area contributed by atoms with Gasteiger partial charge in [-0.1, -0.05) is 0 Å². The number of carbonyl (C=O) groups excluding carboxylic acids is 3. The summed E-state index contributed by atoms with van der Waals surface area (Å²) in [4.78, 5) is 35.9. The van der Waals surface area contributed by atoms with Gasteiger partial charge in [0.2, 0.25) is 11.8 Å². The molecule has 0 bridgehead atoms. The van der Waals surface area contributed by atoms with Crippen LogP contribution in [0.3, 0.4) is 0 Å². The van der Waals surface area contributed by atoms with Crippen LogP contribution >= 0.6 is 12.2 Å². The van der Waals surface area contributed by atoms with Gasteiger partial charge in [-0.25, -0.2) is 4.79 Å². The number of aliphatic hydroxyl groups is 8. The third kappa shape index (κ3) is 12.2. The average molecular weight is 788 g/mol. The van der Waals surface area contributed by atoms with Crippen molar-refractivity contribution in [1.82, 2.24) is 26.6 Å². The lowest BCUT2D eigenvalue weighted by Crippen LogP contribution is -2.71. The number of thiocarbonyl (C=S) groups is 1. The smallest absolute Gasteiger partial charge is 0.407 e. The molecule has 0 aromatic carbocycles. The molecule has 306 valence electrons. The summed E-state index contributed by atoms with van der Waals surface area (Å²) in [5, 5.41) is 97.7. The molecule has 0 aliphatic carbocycles. The Morgan fingerprint density at radius 1 is 0.642 bits per heavy atom. The molecule has 0 spiro atoms. The van der Waals surface area contributed by atoms with E-state index in [1.165, 1.54) is 6.92 Å². The van der Waals surface area contributed by atoms with Crippen LogP contribution in [0.4, 0.5) is 4.79 Å². The highest BCUT2D eigenvalue weighted by Crippen LogP contribution is 2.32. The number of amides is 3. The Kier molecular flexibility index (Phi) is 16.7. The Bertz CT molecular complexity index is 1230. The molecule has 53 heavy (non-hydrogen) atoms. The van der Waals surface area contributed by atoms with Crippen molar-refractivity contribution in [3.05, 3.63) is 0 Å². The van der Waals surface area contributed by atoms with Crippen LogP contribution in [-0.4, -0.2) is 194 Å². The average Bonchev–Trinajstić information content (AvgIpc) is 3.07. The number of hydrogen-bond donors (Lipinski definition) is 13. The van der Waals surface area contributed by atoms with Gasteiger partial charge < -0.3 is 95.9 Å². The van der Waals surface area contributed by atoms with Gasteiger partial charge in [0.25, 0.3) is 0 Å². The number of alkyl carbamates (subject to hydrolysis) is 1. The SMILES string of the molecule is CC(=O)N[C@@H]1[C@@H](O)[C@H](O[C@@H]2O[C@H](CO)[C@H](O)[C@H](O[C@@H]3O[C@H](CO)[C@@H](O)[C@H](O)[C@H]3NC(C)=O)[C@H]2O)[C@@H](CO)O[C@H]1NC(=S)NCCNC(=O)OC(C)(C)C. The van der Waals surface area contributed by atoms with Crippen LogP contribution in [0, 0.1) is 0 Å². The van der Waals surface area contributed by atoms with E-state index in [9.17, 15) is 55.2 Å². The van der Waals surface area contributed by atoms with E-state index in [0.717, 1.165) is 6.92 Å². The summed E-state index contributed by atoms with van der Waals surface area (Å²) >= 11 is 5.31. The molecule has 3 rings (SSSR count). The second kappa shape index (κ2) is 19.8. The van der Waals surface area contributed by atoms with Crippen molar-refractivity contribution < 1.29 is 83.7 Å². The first-order valence-corrected chi connectivity index (χ1v) is 17.3.